The lowest BCUT2D eigenvalue weighted by Gasteiger charge is -2.31. The molecule has 2 saturated heterocycles. The summed E-state index contributed by atoms with van der Waals surface area (Å²) in [5, 5.41) is 3.39. The number of aromatic nitrogens is 3. The fourth-order valence-electron chi connectivity index (χ4n) is 2.89. The standard InChI is InChI=1S/C16H28N6O/c1-16(2,3)20-13-17-14(21-7-5-4-6-8-21)19-15(18-13)22-9-11-23-12-10-22/h4-12H2,1-3H3,(H,17,18,19,20). The van der Waals surface area contributed by atoms with Gasteiger partial charge in [0.15, 0.2) is 0 Å². The Bertz CT molecular complexity index is 482. The Balaban J connectivity index is 1.88. The molecule has 0 aromatic carbocycles. The molecule has 23 heavy (non-hydrogen) atoms. The van der Waals surface area contributed by atoms with E-state index in [9.17, 15) is 0 Å². The first-order valence-corrected chi connectivity index (χ1v) is 8.63. The van der Waals surface area contributed by atoms with Gasteiger partial charge in [0, 0.05) is 31.7 Å². The third kappa shape index (κ3) is 4.43. The van der Waals surface area contributed by atoms with Crippen LogP contribution in [0.4, 0.5) is 17.8 Å². The molecule has 0 saturated carbocycles. The zero-order valence-corrected chi connectivity index (χ0v) is 14.5. The highest BCUT2D eigenvalue weighted by atomic mass is 16.5. The summed E-state index contributed by atoms with van der Waals surface area (Å²) in [4.78, 5) is 18.5. The zero-order valence-electron chi connectivity index (χ0n) is 14.5. The monoisotopic (exact) mass is 320 g/mol. The number of ether oxygens (including phenoxy) is 1. The lowest BCUT2D eigenvalue weighted by Crippen LogP contribution is -2.39. The van der Waals surface area contributed by atoms with Crippen molar-refractivity contribution in [1.82, 2.24) is 15.0 Å². The van der Waals surface area contributed by atoms with E-state index < -0.39 is 0 Å². The van der Waals surface area contributed by atoms with Gasteiger partial charge in [0.25, 0.3) is 0 Å². The number of rotatable bonds is 3. The normalized spacial score (nSPS) is 19.8. The molecule has 1 aromatic rings. The van der Waals surface area contributed by atoms with Crippen molar-refractivity contribution in [2.24, 2.45) is 0 Å². The van der Waals surface area contributed by atoms with Gasteiger partial charge in [-0.1, -0.05) is 0 Å². The second kappa shape index (κ2) is 6.86. The van der Waals surface area contributed by atoms with Crippen molar-refractivity contribution in [1.29, 1.82) is 0 Å². The minimum absolute atomic E-state index is 0.0806. The van der Waals surface area contributed by atoms with Crippen molar-refractivity contribution in [3.05, 3.63) is 0 Å². The molecule has 2 fully saturated rings. The number of nitrogens with one attached hydrogen (secondary N) is 1. The van der Waals surface area contributed by atoms with Crippen LogP contribution in [0, 0.1) is 0 Å². The maximum atomic E-state index is 5.44. The largest absolute Gasteiger partial charge is 0.378 e. The Morgan fingerprint density at radius 2 is 1.39 bits per heavy atom. The van der Waals surface area contributed by atoms with E-state index in [0.29, 0.717) is 5.95 Å². The van der Waals surface area contributed by atoms with Gasteiger partial charge in [-0.2, -0.15) is 15.0 Å². The van der Waals surface area contributed by atoms with Crippen LogP contribution in [0.3, 0.4) is 0 Å². The van der Waals surface area contributed by atoms with Crippen LogP contribution in [-0.4, -0.2) is 59.9 Å². The summed E-state index contributed by atoms with van der Waals surface area (Å²) in [6.07, 6.45) is 3.71. The molecule has 1 N–H and O–H groups in total. The van der Waals surface area contributed by atoms with Gasteiger partial charge >= 0.3 is 0 Å². The topological polar surface area (TPSA) is 66.4 Å². The highest BCUT2D eigenvalue weighted by Crippen LogP contribution is 2.22. The summed E-state index contributed by atoms with van der Waals surface area (Å²) in [6, 6.07) is 0. The number of piperidine rings is 1. The predicted octanol–water partition coefficient (Wildman–Crippen LogP) is 1.91. The minimum Gasteiger partial charge on any atom is -0.378 e. The highest BCUT2D eigenvalue weighted by molar-refractivity contribution is 5.46. The van der Waals surface area contributed by atoms with Crippen molar-refractivity contribution in [2.75, 3.05) is 54.5 Å². The van der Waals surface area contributed by atoms with Crippen LogP contribution in [0.15, 0.2) is 0 Å². The van der Waals surface area contributed by atoms with Gasteiger partial charge in [0.2, 0.25) is 17.8 Å². The van der Waals surface area contributed by atoms with Crippen LogP contribution in [0.5, 0.6) is 0 Å². The van der Waals surface area contributed by atoms with Gasteiger partial charge in [0.05, 0.1) is 13.2 Å². The van der Waals surface area contributed by atoms with Crippen LogP contribution < -0.4 is 15.1 Å². The maximum Gasteiger partial charge on any atom is 0.232 e. The van der Waals surface area contributed by atoms with Gasteiger partial charge in [-0.05, 0) is 40.0 Å². The van der Waals surface area contributed by atoms with Gasteiger partial charge < -0.3 is 19.9 Å². The summed E-state index contributed by atoms with van der Waals surface area (Å²) < 4.78 is 5.44. The smallest absolute Gasteiger partial charge is 0.232 e. The molecule has 7 heteroatoms. The minimum atomic E-state index is -0.0806. The molecule has 128 valence electrons. The van der Waals surface area contributed by atoms with E-state index in [-0.39, 0.29) is 5.54 Å². The lowest BCUT2D eigenvalue weighted by molar-refractivity contribution is 0.122. The van der Waals surface area contributed by atoms with Crippen molar-refractivity contribution < 1.29 is 4.74 Å². The average molecular weight is 320 g/mol. The molecule has 0 spiro atoms. The molecule has 1 aromatic heterocycles. The molecule has 0 bridgehead atoms. The Morgan fingerprint density at radius 3 is 1.96 bits per heavy atom. The molecule has 0 radical (unpaired) electrons. The van der Waals surface area contributed by atoms with E-state index in [2.05, 4.69) is 45.9 Å². The molecule has 2 aliphatic rings. The average Bonchev–Trinajstić information content (AvgIpc) is 2.55. The number of hydrogen-bond acceptors (Lipinski definition) is 7. The molecule has 2 aliphatic heterocycles. The van der Waals surface area contributed by atoms with Crippen molar-refractivity contribution >= 4 is 17.8 Å². The molecule has 0 atom stereocenters. The Morgan fingerprint density at radius 1 is 0.826 bits per heavy atom. The molecular weight excluding hydrogens is 292 g/mol. The lowest BCUT2D eigenvalue weighted by atomic mass is 10.1. The van der Waals surface area contributed by atoms with Crippen molar-refractivity contribution in [3.63, 3.8) is 0 Å². The first-order chi connectivity index (χ1) is 11.0. The number of hydrogen-bond donors (Lipinski definition) is 1. The fraction of sp³-hybridized carbons (Fsp3) is 0.812. The van der Waals surface area contributed by atoms with Crippen LogP contribution >= 0.6 is 0 Å². The van der Waals surface area contributed by atoms with Gasteiger partial charge in [-0.3, -0.25) is 0 Å². The maximum absolute atomic E-state index is 5.44. The Kier molecular flexibility index (Phi) is 4.84. The van der Waals surface area contributed by atoms with Crippen LogP contribution in [0.1, 0.15) is 40.0 Å². The molecule has 3 heterocycles. The number of nitrogens with zero attached hydrogens (tertiary/aromatic N) is 5. The first-order valence-electron chi connectivity index (χ1n) is 8.63. The van der Waals surface area contributed by atoms with Gasteiger partial charge in [0.1, 0.15) is 0 Å². The number of morpholine rings is 1. The fourth-order valence-corrected chi connectivity index (χ4v) is 2.89. The summed E-state index contributed by atoms with van der Waals surface area (Å²) in [5.41, 5.74) is -0.0806. The predicted molar refractivity (Wildman–Crippen MR) is 92.3 cm³/mol. The second-order valence-electron chi connectivity index (χ2n) is 7.28. The number of anilines is 3. The summed E-state index contributed by atoms with van der Waals surface area (Å²) in [6.45, 7) is 11.5. The van der Waals surface area contributed by atoms with Crippen LogP contribution in [-0.2, 0) is 4.74 Å². The first kappa shape index (κ1) is 16.2. The van der Waals surface area contributed by atoms with E-state index in [4.69, 9.17) is 9.72 Å². The van der Waals surface area contributed by atoms with Crippen LogP contribution in [0.2, 0.25) is 0 Å². The van der Waals surface area contributed by atoms with E-state index in [1.165, 1.54) is 19.3 Å². The van der Waals surface area contributed by atoms with Crippen LogP contribution in [0.25, 0.3) is 0 Å². The molecule has 7 nitrogen and oxygen atoms in total. The summed E-state index contributed by atoms with van der Waals surface area (Å²) in [7, 11) is 0. The van der Waals surface area contributed by atoms with E-state index >= 15 is 0 Å². The van der Waals surface area contributed by atoms with Crippen molar-refractivity contribution in [2.45, 2.75) is 45.6 Å². The zero-order chi connectivity index (χ0) is 16.3. The highest BCUT2D eigenvalue weighted by Gasteiger charge is 2.21. The van der Waals surface area contributed by atoms with Gasteiger partial charge in [-0.15, -0.1) is 0 Å². The molecule has 0 aliphatic carbocycles. The Labute approximate surface area is 138 Å². The second-order valence-corrected chi connectivity index (χ2v) is 7.28. The third-order valence-electron chi connectivity index (χ3n) is 4.03. The summed E-state index contributed by atoms with van der Waals surface area (Å²) >= 11 is 0. The van der Waals surface area contributed by atoms with Crippen molar-refractivity contribution in [3.8, 4) is 0 Å². The SMILES string of the molecule is CC(C)(C)Nc1nc(N2CCCCC2)nc(N2CCOCC2)n1. The molecule has 0 unspecified atom stereocenters. The van der Waals surface area contributed by atoms with E-state index in [0.717, 1.165) is 51.3 Å². The van der Waals surface area contributed by atoms with E-state index in [1.54, 1.807) is 0 Å². The summed E-state index contributed by atoms with van der Waals surface area (Å²) in [5.74, 6) is 2.22. The molecule has 3 rings (SSSR count). The Hall–Kier alpha value is -1.63. The van der Waals surface area contributed by atoms with Gasteiger partial charge in [-0.25, -0.2) is 0 Å². The third-order valence-corrected chi connectivity index (χ3v) is 4.03. The quantitative estimate of drug-likeness (QED) is 0.912. The van der Waals surface area contributed by atoms with E-state index in [1.807, 2.05) is 0 Å². The molecule has 0 amide bonds. The molecular formula is C16H28N6O.